The number of benzene rings is 1. The normalized spacial score (nSPS) is 14.4. The molecular formula is C17H28IN3. The van der Waals surface area contributed by atoms with E-state index >= 15 is 0 Å². The van der Waals surface area contributed by atoms with Crippen molar-refractivity contribution >= 4 is 29.9 Å². The third-order valence-corrected chi connectivity index (χ3v) is 3.62. The summed E-state index contributed by atoms with van der Waals surface area (Å²) in [5, 5.41) is 6.74. The minimum atomic E-state index is 0. The van der Waals surface area contributed by atoms with E-state index in [-0.39, 0.29) is 24.0 Å². The first kappa shape index (κ1) is 18.3. The molecule has 0 bridgehead atoms. The fourth-order valence-corrected chi connectivity index (χ4v) is 2.26. The SMILES string of the molecule is CCNC(=NCCCc1ccccc1)NCCC1CC1.I. The van der Waals surface area contributed by atoms with Crippen molar-refractivity contribution in [2.24, 2.45) is 10.9 Å². The van der Waals surface area contributed by atoms with Gasteiger partial charge in [0.15, 0.2) is 5.96 Å². The van der Waals surface area contributed by atoms with Crippen LogP contribution in [-0.2, 0) is 6.42 Å². The second-order valence-corrected chi connectivity index (χ2v) is 5.51. The van der Waals surface area contributed by atoms with Crippen molar-refractivity contribution in [1.29, 1.82) is 0 Å². The van der Waals surface area contributed by atoms with Gasteiger partial charge in [0.05, 0.1) is 0 Å². The first-order chi connectivity index (χ1) is 9.88. The molecule has 0 heterocycles. The summed E-state index contributed by atoms with van der Waals surface area (Å²) in [5.74, 6) is 1.95. The summed E-state index contributed by atoms with van der Waals surface area (Å²) >= 11 is 0. The number of hydrogen-bond donors (Lipinski definition) is 2. The number of guanidine groups is 1. The molecule has 0 aromatic heterocycles. The monoisotopic (exact) mass is 401 g/mol. The van der Waals surface area contributed by atoms with E-state index in [9.17, 15) is 0 Å². The molecule has 21 heavy (non-hydrogen) atoms. The summed E-state index contributed by atoms with van der Waals surface area (Å²) in [6.45, 7) is 4.97. The Kier molecular flexibility index (Phi) is 9.46. The lowest BCUT2D eigenvalue weighted by Gasteiger charge is -2.10. The third kappa shape index (κ3) is 8.29. The van der Waals surface area contributed by atoms with Crippen LogP contribution < -0.4 is 10.6 Å². The summed E-state index contributed by atoms with van der Waals surface area (Å²) in [5.41, 5.74) is 1.40. The van der Waals surface area contributed by atoms with Gasteiger partial charge in [-0.25, -0.2) is 0 Å². The van der Waals surface area contributed by atoms with Crippen molar-refractivity contribution in [2.75, 3.05) is 19.6 Å². The molecule has 0 spiro atoms. The Bertz CT molecular complexity index is 402. The van der Waals surface area contributed by atoms with Crippen molar-refractivity contribution in [1.82, 2.24) is 10.6 Å². The van der Waals surface area contributed by atoms with E-state index in [1.807, 2.05) is 0 Å². The Hall–Kier alpha value is -0.780. The Morgan fingerprint density at radius 3 is 2.62 bits per heavy atom. The van der Waals surface area contributed by atoms with Crippen molar-refractivity contribution in [3.05, 3.63) is 35.9 Å². The molecule has 0 radical (unpaired) electrons. The van der Waals surface area contributed by atoms with Gasteiger partial charge in [0.2, 0.25) is 0 Å². The van der Waals surface area contributed by atoms with Gasteiger partial charge in [-0.2, -0.15) is 0 Å². The molecule has 0 aliphatic heterocycles. The second-order valence-electron chi connectivity index (χ2n) is 5.51. The fraction of sp³-hybridized carbons (Fsp3) is 0.588. The lowest BCUT2D eigenvalue weighted by Crippen LogP contribution is -2.38. The van der Waals surface area contributed by atoms with Crippen LogP contribution in [0.25, 0.3) is 0 Å². The summed E-state index contributed by atoms with van der Waals surface area (Å²) in [6.07, 6.45) is 6.34. The average molecular weight is 401 g/mol. The molecule has 2 N–H and O–H groups in total. The van der Waals surface area contributed by atoms with E-state index in [2.05, 4.69) is 52.9 Å². The maximum atomic E-state index is 4.64. The van der Waals surface area contributed by atoms with E-state index in [0.717, 1.165) is 44.4 Å². The molecule has 1 aromatic carbocycles. The van der Waals surface area contributed by atoms with Gasteiger partial charge in [-0.15, -0.1) is 24.0 Å². The maximum absolute atomic E-state index is 4.64. The van der Waals surface area contributed by atoms with Crippen molar-refractivity contribution in [3.63, 3.8) is 0 Å². The van der Waals surface area contributed by atoms with E-state index in [1.165, 1.54) is 24.8 Å². The number of aliphatic imine (C=N–C) groups is 1. The highest BCUT2D eigenvalue weighted by atomic mass is 127. The van der Waals surface area contributed by atoms with Crippen LogP contribution in [0.2, 0.25) is 0 Å². The highest BCUT2D eigenvalue weighted by Gasteiger charge is 2.20. The molecule has 2 rings (SSSR count). The minimum Gasteiger partial charge on any atom is -0.357 e. The Balaban J connectivity index is 0.00000220. The largest absolute Gasteiger partial charge is 0.357 e. The predicted molar refractivity (Wildman–Crippen MR) is 102 cm³/mol. The van der Waals surface area contributed by atoms with Gasteiger partial charge < -0.3 is 10.6 Å². The van der Waals surface area contributed by atoms with E-state index in [0.29, 0.717) is 0 Å². The van der Waals surface area contributed by atoms with Crippen LogP contribution in [0.5, 0.6) is 0 Å². The first-order valence-corrected chi connectivity index (χ1v) is 7.94. The number of halogens is 1. The van der Waals surface area contributed by atoms with Gasteiger partial charge in [-0.3, -0.25) is 4.99 Å². The summed E-state index contributed by atoms with van der Waals surface area (Å²) in [6, 6.07) is 10.6. The highest BCUT2D eigenvalue weighted by molar-refractivity contribution is 14.0. The van der Waals surface area contributed by atoms with Crippen LogP contribution in [0, 0.1) is 5.92 Å². The molecule has 1 saturated carbocycles. The van der Waals surface area contributed by atoms with E-state index < -0.39 is 0 Å². The van der Waals surface area contributed by atoms with Crippen molar-refractivity contribution < 1.29 is 0 Å². The van der Waals surface area contributed by atoms with Crippen LogP contribution in [0.1, 0.15) is 38.2 Å². The molecule has 0 saturated heterocycles. The maximum Gasteiger partial charge on any atom is 0.191 e. The molecule has 118 valence electrons. The van der Waals surface area contributed by atoms with E-state index in [4.69, 9.17) is 0 Å². The number of aryl methyl sites for hydroxylation is 1. The van der Waals surface area contributed by atoms with Crippen LogP contribution in [0.4, 0.5) is 0 Å². The summed E-state index contributed by atoms with van der Waals surface area (Å²) < 4.78 is 0. The number of nitrogens with one attached hydrogen (secondary N) is 2. The average Bonchev–Trinajstić information content (AvgIpc) is 3.29. The molecule has 1 aliphatic carbocycles. The van der Waals surface area contributed by atoms with E-state index in [1.54, 1.807) is 0 Å². The predicted octanol–water partition coefficient (Wildman–Crippen LogP) is 3.59. The Labute approximate surface area is 146 Å². The molecule has 4 heteroatoms. The van der Waals surface area contributed by atoms with Crippen LogP contribution in [0.15, 0.2) is 35.3 Å². The number of nitrogens with zero attached hydrogens (tertiary/aromatic N) is 1. The highest BCUT2D eigenvalue weighted by Crippen LogP contribution is 2.31. The topological polar surface area (TPSA) is 36.4 Å². The smallest absolute Gasteiger partial charge is 0.191 e. The molecule has 1 fully saturated rings. The van der Waals surface area contributed by atoms with Gasteiger partial charge in [-0.05, 0) is 37.7 Å². The van der Waals surface area contributed by atoms with Crippen LogP contribution in [0.3, 0.4) is 0 Å². The van der Waals surface area contributed by atoms with Crippen LogP contribution in [-0.4, -0.2) is 25.6 Å². The zero-order chi connectivity index (χ0) is 14.0. The van der Waals surface area contributed by atoms with Gasteiger partial charge in [0.25, 0.3) is 0 Å². The summed E-state index contributed by atoms with van der Waals surface area (Å²) in [7, 11) is 0. The van der Waals surface area contributed by atoms with Gasteiger partial charge >= 0.3 is 0 Å². The quantitative estimate of drug-likeness (QED) is 0.302. The number of rotatable bonds is 8. The molecule has 0 unspecified atom stereocenters. The molecule has 1 aromatic rings. The van der Waals surface area contributed by atoms with Crippen LogP contribution >= 0.6 is 24.0 Å². The fourth-order valence-electron chi connectivity index (χ4n) is 2.26. The third-order valence-electron chi connectivity index (χ3n) is 3.62. The van der Waals surface area contributed by atoms with Gasteiger partial charge in [0, 0.05) is 19.6 Å². The molecule has 3 nitrogen and oxygen atoms in total. The standard InChI is InChI=1S/C17H27N3.HI/c1-2-18-17(20-14-12-16-10-11-16)19-13-6-9-15-7-4-3-5-8-15;/h3-5,7-8,16H,2,6,9-14H2,1H3,(H2,18,19,20);1H. The van der Waals surface area contributed by atoms with Gasteiger partial charge in [0.1, 0.15) is 0 Å². The lowest BCUT2D eigenvalue weighted by atomic mass is 10.1. The molecular weight excluding hydrogens is 373 g/mol. The number of hydrogen-bond acceptors (Lipinski definition) is 1. The molecule has 1 aliphatic rings. The minimum absolute atomic E-state index is 0. The summed E-state index contributed by atoms with van der Waals surface area (Å²) in [4.78, 5) is 4.64. The zero-order valence-corrected chi connectivity index (χ0v) is 15.3. The lowest BCUT2D eigenvalue weighted by molar-refractivity contribution is 0.683. The Morgan fingerprint density at radius 1 is 1.19 bits per heavy atom. The van der Waals surface area contributed by atoms with Gasteiger partial charge in [-0.1, -0.05) is 43.2 Å². The Morgan fingerprint density at radius 2 is 1.95 bits per heavy atom. The van der Waals surface area contributed by atoms with Crippen molar-refractivity contribution in [2.45, 2.75) is 39.0 Å². The first-order valence-electron chi connectivity index (χ1n) is 7.94. The zero-order valence-electron chi connectivity index (χ0n) is 13.0. The van der Waals surface area contributed by atoms with Crippen molar-refractivity contribution in [3.8, 4) is 0 Å². The second kappa shape index (κ2) is 10.9. The molecule has 0 atom stereocenters. The molecule has 0 amide bonds.